The van der Waals surface area contributed by atoms with Crippen molar-refractivity contribution in [1.82, 2.24) is 15.5 Å². The van der Waals surface area contributed by atoms with Crippen molar-refractivity contribution in [3.8, 4) is 17.2 Å². The maximum atomic E-state index is 11.8. The number of nitrogens with one attached hydrogen (secondary N) is 1. The van der Waals surface area contributed by atoms with E-state index in [1.807, 2.05) is 30.3 Å². The van der Waals surface area contributed by atoms with Crippen LogP contribution in [0.3, 0.4) is 0 Å². The molecule has 0 saturated carbocycles. The number of hydrogen-bond acceptors (Lipinski definition) is 5. The number of benzene rings is 2. The Morgan fingerprint density at radius 3 is 2.60 bits per heavy atom. The van der Waals surface area contributed by atoms with Crippen molar-refractivity contribution in [3.05, 3.63) is 65.5 Å². The van der Waals surface area contributed by atoms with Gasteiger partial charge >= 0.3 is 0 Å². The highest BCUT2D eigenvalue weighted by atomic mass is 35.5. The Bertz CT molecular complexity index is 819. The van der Waals surface area contributed by atoms with Crippen LogP contribution in [0.25, 0.3) is 11.5 Å². The monoisotopic (exact) mass is 357 g/mol. The second-order valence-electron chi connectivity index (χ2n) is 5.21. The van der Waals surface area contributed by atoms with Crippen LogP contribution in [0.1, 0.15) is 5.89 Å². The summed E-state index contributed by atoms with van der Waals surface area (Å²) in [6, 6.07) is 16.3. The van der Waals surface area contributed by atoms with Crippen LogP contribution in [0, 0.1) is 0 Å². The van der Waals surface area contributed by atoms with E-state index in [0.29, 0.717) is 35.5 Å². The molecule has 2 aromatic carbocycles. The van der Waals surface area contributed by atoms with Crippen molar-refractivity contribution < 1.29 is 13.9 Å². The van der Waals surface area contributed by atoms with Crippen molar-refractivity contribution >= 4 is 17.5 Å². The van der Waals surface area contributed by atoms with E-state index >= 15 is 0 Å². The fourth-order valence-electron chi connectivity index (χ4n) is 2.09. The lowest BCUT2D eigenvalue weighted by Gasteiger charge is -2.06. The number of amides is 1. The zero-order chi connectivity index (χ0) is 17.5. The second-order valence-corrected chi connectivity index (χ2v) is 5.65. The van der Waals surface area contributed by atoms with Crippen molar-refractivity contribution in [1.29, 1.82) is 0 Å². The smallest absolute Gasteiger partial charge is 0.257 e. The normalized spacial score (nSPS) is 10.4. The Kier molecular flexibility index (Phi) is 5.64. The minimum Gasteiger partial charge on any atom is -0.484 e. The summed E-state index contributed by atoms with van der Waals surface area (Å²) in [4.78, 5) is 11.8. The molecule has 0 aliphatic heterocycles. The van der Waals surface area contributed by atoms with Crippen LogP contribution in [0.5, 0.6) is 5.75 Å². The highest BCUT2D eigenvalue weighted by Crippen LogP contribution is 2.17. The van der Waals surface area contributed by atoms with E-state index in [-0.39, 0.29) is 12.5 Å². The Morgan fingerprint density at radius 2 is 1.84 bits per heavy atom. The number of aromatic nitrogens is 2. The first-order valence-electron chi connectivity index (χ1n) is 7.73. The van der Waals surface area contributed by atoms with Gasteiger partial charge in [-0.15, -0.1) is 10.2 Å². The van der Waals surface area contributed by atoms with Gasteiger partial charge in [0.2, 0.25) is 11.8 Å². The third-order valence-electron chi connectivity index (χ3n) is 3.33. The molecule has 0 aliphatic rings. The molecule has 1 amide bonds. The molecular formula is C18H16ClN3O3. The number of carbonyl (C=O) groups is 1. The standard InChI is InChI=1S/C18H16ClN3O3/c19-14-6-8-15(9-7-14)24-12-16(23)20-11-10-17-21-22-18(25-17)13-4-2-1-3-5-13/h1-9H,10-12H2,(H,20,23). The Labute approximate surface area is 149 Å². The van der Waals surface area contributed by atoms with Crippen molar-refractivity contribution in [3.63, 3.8) is 0 Å². The van der Waals surface area contributed by atoms with Crippen molar-refractivity contribution in [2.24, 2.45) is 0 Å². The molecule has 0 unspecified atom stereocenters. The quantitative estimate of drug-likeness (QED) is 0.703. The van der Waals surface area contributed by atoms with Crippen LogP contribution in [0.4, 0.5) is 0 Å². The van der Waals surface area contributed by atoms with Crippen molar-refractivity contribution in [2.75, 3.05) is 13.2 Å². The fraction of sp³-hybridized carbons (Fsp3) is 0.167. The van der Waals surface area contributed by atoms with Crippen LogP contribution >= 0.6 is 11.6 Å². The predicted molar refractivity (Wildman–Crippen MR) is 93.4 cm³/mol. The number of rotatable bonds is 7. The van der Waals surface area contributed by atoms with E-state index in [4.69, 9.17) is 20.8 Å². The summed E-state index contributed by atoms with van der Waals surface area (Å²) in [5.74, 6) is 1.30. The average molecular weight is 358 g/mol. The minimum absolute atomic E-state index is 0.0687. The maximum Gasteiger partial charge on any atom is 0.257 e. The predicted octanol–water partition coefficient (Wildman–Crippen LogP) is 3.13. The van der Waals surface area contributed by atoms with E-state index < -0.39 is 0 Å². The highest BCUT2D eigenvalue weighted by Gasteiger charge is 2.09. The van der Waals surface area contributed by atoms with E-state index in [1.54, 1.807) is 24.3 Å². The van der Waals surface area contributed by atoms with Crippen molar-refractivity contribution in [2.45, 2.75) is 6.42 Å². The zero-order valence-electron chi connectivity index (χ0n) is 13.3. The first-order valence-corrected chi connectivity index (χ1v) is 8.11. The third kappa shape index (κ3) is 5.06. The molecule has 3 rings (SSSR count). The van der Waals surface area contributed by atoms with E-state index in [1.165, 1.54) is 0 Å². The molecule has 25 heavy (non-hydrogen) atoms. The fourth-order valence-corrected chi connectivity index (χ4v) is 2.22. The van der Waals surface area contributed by atoms with Crippen LogP contribution in [0.2, 0.25) is 5.02 Å². The van der Waals surface area contributed by atoms with Gasteiger partial charge in [0, 0.05) is 23.6 Å². The Hall–Kier alpha value is -2.86. The molecule has 3 aromatic rings. The van der Waals surface area contributed by atoms with Gasteiger partial charge in [-0.05, 0) is 36.4 Å². The molecule has 128 valence electrons. The summed E-state index contributed by atoms with van der Waals surface area (Å²) in [5.41, 5.74) is 0.863. The molecule has 0 saturated heterocycles. The molecule has 1 aromatic heterocycles. The average Bonchev–Trinajstić information content (AvgIpc) is 3.11. The molecule has 0 fully saturated rings. The molecule has 0 radical (unpaired) electrons. The van der Waals surface area contributed by atoms with E-state index in [9.17, 15) is 4.79 Å². The number of nitrogens with zero attached hydrogens (tertiary/aromatic N) is 2. The second kappa shape index (κ2) is 8.30. The number of halogens is 1. The lowest BCUT2D eigenvalue weighted by molar-refractivity contribution is -0.123. The van der Waals surface area contributed by atoms with Crippen LogP contribution in [-0.4, -0.2) is 29.3 Å². The largest absolute Gasteiger partial charge is 0.484 e. The van der Waals surface area contributed by atoms with Crippen LogP contribution in [-0.2, 0) is 11.2 Å². The molecule has 0 bridgehead atoms. The molecule has 1 N–H and O–H groups in total. The van der Waals surface area contributed by atoms with E-state index in [2.05, 4.69) is 15.5 Å². The third-order valence-corrected chi connectivity index (χ3v) is 3.58. The van der Waals surface area contributed by atoms with Gasteiger partial charge in [0.25, 0.3) is 5.91 Å². The summed E-state index contributed by atoms with van der Waals surface area (Å²) in [5, 5.41) is 11.3. The van der Waals surface area contributed by atoms with Gasteiger partial charge < -0.3 is 14.5 Å². The Balaban J connectivity index is 1.41. The SMILES string of the molecule is O=C(COc1ccc(Cl)cc1)NCCc1nnc(-c2ccccc2)o1. The van der Waals surface area contributed by atoms with Crippen LogP contribution < -0.4 is 10.1 Å². The summed E-state index contributed by atoms with van der Waals surface area (Å²) < 4.78 is 10.9. The summed E-state index contributed by atoms with van der Waals surface area (Å²) in [6.45, 7) is 0.319. The first kappa shape index (κ1) is 17.0. The summed E-state index contributed by atoms with van der Waals surface area (Å²) in [7, 11) is 0. The Morgan fingerprint density at radius 1 is 1.08 bits per heavy atom. The van der Waals surface area contributed by atoms with Gasteiger partial charge in [-0.1, -0.05) is 29.8 Å². The highest BCUT2D eigenvalue weighted by molar-refractivity contribution is 6.30. The molecule has 0 atom stereocenters. The minimum atomic E-state index is -0.224. The van der Waals surface area contributed by atoms with Gasteiger partial charge in [0.1, 0.15) is 5.75 Å². The molecule has 7 heteroatoms. The van der Waals surface area contributed by atoms with Gasteiger partial charge in [0.15, 0.2) is 6.61 Å². The topological polar surface area (TPSA) is 77.2 Å². The van der Waals surface area contributed by atoms with Gasteiger partial charge in [-0.25, -0.2) is 0 Å². The van der Waals surface area contributed by atoms with Gasteiger partial charge in [-0.3, -0.25) is 4.79 Å². The number of ether oxygens (including phenoxy) is 1. The molecule has 0 spiro atoms. The lowest BCUT2D eigenvalue weighted by atomic mass is 10.2. The summed E-state index contributed by atoms with van der Waals surface area (Å²) >= 11 is 5.79. The maximum absolute atomic E-state index is 11.8. The van der Waals surface area contributed by atoms with Gasteiger partial charge in [-0.2, -0.15) is 0 Å². The van der Waals surface area contributed by atoms with E-state index in [0.717, 1.165) is 5.56 Å². The van der Waals surface area contributed by atoms with Crippen LogP contribution in [0.15, 0.2) is 59.0 Å². The molecule has 0 aliphatic carbocycles. The number of hydrogen-bond donors (Lipinski definition) is 1. The summed E-state index contributed by atoms with van der Waals surface area (Å²) in [6.07, 6.45) is 0.451. The molecule has 1 heterocycles. The first-order chi connectivity index (χ1) is 12.2. The lowest BCUT2D eigenvalue weighted by Crippen LogP contribution is -2.30. The zero-order valence-corrected chi connectivity index (χ0v) is 14.1. The molecular weight excluding hydrogens is 342 g/mol. The number of carbonyl (C=O) groups excluding carboxylic acids is 1. The van der Waals surface area contributed by atoms with Gasteiger partial charge in [0.05, 0.1) is 0 Å². The molecule has 6 nitrogen and oxygen atoms in total.